The molecular formula is C17H23NO3. The highest BCUT2D eigenvalue weighted by Gasteiger charge is 2.20. The van der Waals surface area contributed by atoms with Crippen molar-refractivity contribution in [2.24, 2.45) is 5.92 Å². The van der Waals surface area contributed by atoms with E-state index < -0.39 is 0 Å². The van der Waals surface area contributed by atoms with E-state index in [0.717, 1.165) is 50.1 Å². The molecule has 1 aliphatic heterocycles. The molecule has 1 saturated heterocycles. The largest absolute Gasteiger partial charge is 0.494 e. The highest BCUT2D eigenvalue weighted by molar-refractivity contribution is 5.94. The van der Waals surface area contributed by atoms with Crippen LogP contribution < -0.4 is 4.74 Å². The fourth-order valence-electron chi connectivity index (χ4n) is 2.81. The van der Waals surface area contributed by atoms with E-state index in [1.165, 1.54) is 0 Å². The first-order chi connectivity index (χ1) is 10.1. The summed E-state index contributed by atoms with van der Waals surface area (Å²) in [6.07, 6.45) is 3.08. The summed E-state index contributed by atoms with van der Waals surface area (Å²) >= 11 is 0. The number of hydrogen-bond donors (Lipinski definition) is 0. The molecule has 114 valence electrons. The van der Waals surface area contributed by atoms with E-state index in [-0.39, 0.29) is 11.7 Å². The van der Waals surface area contributed by atoms with Crippen molar-refractivity contribution in [2.75, 3.05) is 19.7 Å². The molecule has 0 amide bonds. The van der Waals surface area contributed by atoms with E-state index in [0.29, 0.717) is 12.2 Å². The van der Waals surface area contributed by atoms with E-state index in [9.17, 15) is 9.59 Å². The third-order valence-electron chi connectivity index (χ3n) is 3.90. The first-order valence-electron chi connectivity index (χ1n) is 7.58. The Morgan fingerprint density at radius 2 is 2.29 bits per heavy atom. The Labute approximate surface area is 126 Å². The highest BCUT2D eigenvalue weighted by atomic mass is 16.5. The predicted octanol–water partition coefficient (Wildman–Crippen LogP) is 2.70. The van der Waals surface area contributed by atoms with Gasteiger partial charge in [-0.25, -0.2) is 0 Å². The van der Waals surface area contributed by atoms with Crippen LogP contribution in [0.5, 0.6) is 5.75 Å². The zero-order chi connectivity index (χ0) is 15.2. The van der Waals surface area contributed by atoms with E-state index in [1.807, 2.05) is 19.1 Å². The van der Waals surface area contributed by atoms with Gasteiger partial charge in [0.25, 0.3) is 0 Å². The minimum atomic E-state index is 0.0590. The van der Waals surface area contributed by atoms with Gasteiger partial charge in [-0.2, -0.15) is 0 Å². The van der Waals surface area contributed by atoms with Crippen LogP contribution in [0.25, 0.3) is 0 Å². The van der Waals surface area contributed by atoms with Crippen LogP contribution >= 0.6 is 0 Å². The van der Waals surface area contributed by atoms with Gasteiger partial charge in [0.05, 0.1) is 6.61 Å². The normalized spacial score (nSPS) is 19.2. The lowest BCUT2D eigenvalue weighted by Gasteiger charge is -2.30. The van der Waals surface area contributed by atoms with Crippen molar-refractivity contribution in [3.63, 3.8) is 0 Å². The summed E-state index contributed by atoms with van der Waals surface area (Å²) in [5.41, 5.74) is 1.73. The molecule has 1 aromatic rings. The molecule has 0 aliphatic carbocycles. The van der Waals surface area contributed by atoms with Crippen molar-refractivity contribution in [1.82, 2.24) is 4.90 Å². The van der Waals surface area contributed by atoms with Gasteiger partial charge in [0.1, 0.15) is 12.0 Å². The molecule has 4 heteroatoms. The molecule has 0 radical (unpaired) electrons. The maximum absolute atomic E-state index is 11.6. The zero-order valence-corrected chi connectivity index (χ0v) is 12.8. The molecule has 1 unspecified atom stereocenters. The molecule has 0 N–H and O–H groups in total. The first kappa shape index (κ1) is 15.7. The molecular weight excluding hydrogens is 266 g/mol. The number of Topliss-reactive ketones (excluding diaryl/α,β-unsaturated/α-hetero) is 1. The Balaban J connectivity index is 2.17. The fraction of sp³-hybridized carbons (Fsp3) is 0.529. The molecule has 0 aromatic heterocycles. The maximum Gasteiger partial charge on any atom is 0.159 e. The van der Waals surface area contributed by atoms with Crippen molar-refractivity contribution < 1.29 is 14.3 Å². The van der Waals surface area contributed by atoms with Crippen LogP contribution in [-0.2, 0) is 11.3 Å². The topological polar surface area (TPSA) is 46.6 Å². The Kier molecular flexibility index (Phi) is 5.51. The third-order valence-corrected chi connectivity index (χ3v) is 3.90. The van der Waals surface area contributed by atoms with E-state index in [4.69, 9.17) is 4.74 Å². The first-order valence-corrected chi connectivity index (χ1v) is 7.58. The van der Waals surface area contributed by atoms with Gasteiger partial charge in [0.2, 0.25) is 0 Å². The number of carbonyl (C=O) groups excluding carboxylic acids is 2. The lowest BCUT2D eigenvalue weighted by atomic mass is 9.98. The van der Waals surface area contributed by atoms with Crippen molar-refractivity contribution in [3.8, 4) is 5.75 Å². The lowest BCUT2D eigenvalue weighted by Crippen LogP contribution is -2.35. The highest BCUT2D eigenvalue weighted by Crippen LogP contribution is 2.25. The second kappa shape index (κ2) is 7.36. The summed E-state index contributed by atoms with van der Waals surface area (Å²) < 4.78 is 5.66. The lowest BCUT2D eigenvalue weighted by molar-refractivity contribution is -0.112. The molecule has 1 heterocycles. The smallest absolute Gasteiger partial charge is 0.159 e. The SMILES string of the molecule is CCOc1ccc(C(C)=O)cc1CN1CCCC(C=O)C1. The van der Waals surface area contributed by atoms with Crippen LogP contribution in [0.15, 0.2) is 18.2 Å². The van der Waals surface area contributed by atoms with Gasteiger partial charge in [-0.15, -0.1) is 0 Å². The number of ketones is 1. The van der Waals surface area contributed by atoms with Gasteiger partial charge in [-0.1, -0.05) is 0 Å². The predicted molar refractivity (Wildman–Crippen MR) is 81.7 cm³/mol. The third kappa shape index (κ3) is 4.14. The number of benzene rings is 1. The summed E-state index contributed by atoms with van der Waals surface area (Å²) in [6.45, 7) is 6.62. The quantitative estimate of drug-likeness (QED) is 0.597. The maximum atomic E-state index is 11.6. The number of aldehydes is 1. The molecule has 1 fully saturated rings. The number of piperidine rings is 1. The van der Waals surface area contributed by atoms with Crippen LogP contribution in [0.4, 0.5) is 0 Å². The summed E-state index contributed by atoms with van der Waals surface area (Å²) in [7, 11) is 0. The number of rotatable bonds is 6. The van der Waals surface area contributed by atoms with Crippen LogP contribution in [0, 0.1) is 5.92 Å². The minimum Gasteiger partial charge on any atom is -0.494 e. The van der Waals surface area contributed by atoms with Gasteiger partial charge in [-0.3, -0.25) is 9.69 Å². The fourth-order valence-corrected chi connectivity index (χ4v) is 2.81. The molecule has 1 aliphatic rings. The molecule has 21 heavy (non-hydrogen) atoms. The van der Waals surface area contributed by atoms with Crippen molar-refractivity contribution in [3.05, 3.63) is 29.3 Å². The van der Waals surface area contributed by atoms with Gasteiger partial charge in [0.15, 0.2) is 5.78 Å². The van der Waals surface area contributed by atoms with Crippen LogP contribution in [0.2, 0.25) is 0 Å². The standard InChI is InChI=1S/C17H23NO3/c1-3-21-17-7-6-15(13(2)20)9-16(17)11-18-8-4-5-14(10-18)12-19/h6-7,9,12,14H,3-5,8,10-11H2,1-2H3. The molecule has 1 aromatic carbocycles. The Hall–Kier alpha value is -1.68. The number of likely N-dealkylation sites (tertiary alicyclic amines) is 1. The Bertz CT molecular complexity index is 513. The van der Waals surface area contributed by atoms with Gasteiger partial charge in [0, 0.05) is 30.1 Å². The average Bonchev–Trinajstić information content (AvgIpc) is 2.49. The van der Waals surface area contributed by atoms with Crippen LogP contribution in [-0.4, -0.2) is 36.7 Å². The molecule has 2 rings (SSSR count). The summed E-state index contributed by atoms with van der Waals surface area (Å²) in [4.78, 5) is 24.8. The van der Waals surface area contributed by atoms with Crippen molar-refractivity contribution in [1.29, 1.82) is 0 Å². The Morgan fingerprint density at radius 1 is 1.48 bits per heavy atom. The Morgan fingerprint density at radius 3 is 2.95 bits per heavy atom. The van der Waals surface area contributed by atoms with Crippen LogP contribution in [0.1, 0.15) is 42.6 Å². The molecule has 0 saturated carbocycles. The summed E-state index contributed by atoms with van der Waals surface area (Å²) in [5.74, 6) is 1.02. The summed E-state index contributed by atoms with van der Waals surface area (Å²) in [6, 6.07) is 5.59. The molecule has 0 spiro atoms. The average molecular weight is 289 g/mol. The number of ether oxygens (including phenoxy) is 1. The number of carbonyl (C=O) groups is 2. The molecule has 1 atom stereocenters. The van der Waals surface area contributed by atoms with Gasteiger partial charge >= 0.3 is 0 Å². The minimum absolute atomic E-state index is 0.0590. The molecule has 4 nitrogen and oxygen atoms in total. The molecule has 0 bridgehead atoms. The summed E-state index contributed by atoms with van der Waals surface area (Å²) in [5, 5.41) is 0. The second-order valence-corrected chi connectivity index (χ2v) is 5.59. The second-order valence-electron chi connectivity index (χ2n) is 5.59. The van der Waals surface area contributed by atoms with E-state index >= 15 is 0 Å². The van der Waals surface area contributed by atoms with Crippen molar-refractivity contribution in [2.45, 2.75) is 33.2 Å². The number of nitrogens with zero attached hydrogens (tertiary/aromatic N) is 1. The van der Waals surface area contributed by atoms with Gasteiger partial charge < -0.3 is 9.53 Å². The van der Waals surface area contributed by atoms with Crippen molar-refractivity contribution >= 4 is 12.1 Å². The monoisotopic (exact) mass is 289 g/mol. The zero-order valence-electron chi connectivity index (χ0n) is 12.8. The number of hydrogen-bond acceptors (Lipinski definition) is 4. The van der Waals surface area contributed by atoms with E-state index in [2.05, 4.69) is 4.90 Å². The van der Waals surface area contributed by atoms with Gasteiger partial charge in [-0.05, 0) is 51.4 Å². The van der Waals surface area contributed by atoms with E-state index in [1.54, 1.807) is 13.0 Å². The van der Waals surface area contributed by atoms with Crippen LogP contribution in [0.3, 0.4) is 0 Å².